The molecular formula is C17H17N3O2S. The molecule has 1 aromatic carbocycles. The van der Waals surface area contributed by atoms with E-state index in [2.05, 4.69) is 10.2 Å². The van der Waals surface area contributed by atoms with Gasteiger partial charge in [-0.2, -0.15) is 0 Å². The molecule has 0 radical (unpaired) electrons. The molecule has 0 unspecified atom stereocenters. The standard InChI is InChI=1S/C17H17N3O2S/c1-20(12-13-6-3-2-4-7-13)16(21)10-9-15-18-19-17(22-15)14-8-5-11-23-14/h2-8,11H,9-10,12H2,1H3. The fourth-order valence-electron chi connectivity index (χ4n) is 2.20. The summed E-state index contributed by atoms with van der Waals surface area (Å²) in [7, 11) is 1.81. The van der Waals surface area contributed by atoms with Crippen LogP contribution in [-0.4, -0.2) is 28.1 Å². The van der Waals surface area contributed by atoms with Crippen LogP contribution < -0.4 is 0 Å². The van der Waals surface area contributed by atoms with Crippen molar-refractivity contribution in [1.29, 1.82) is 0 Å². The highest BCUT2D eigenvalue weighted by Gasteiger charge is 2.13. The Labute approximate surface area is 138 Å². The molecule has 0 aliphatic rings. The van der Waals surface area contributed by atoms with E-state index in [9.17, 15) is 4.79 Å². The quantitative estimate of drug-likeness (QED) is 0.696. The van der Waals surface area contributed by atoms with Gasteiger partial charge in [0.15, 0.2) is 0 Å². The van der Waals surface area contributed by atoms with Crippen LogP contribution in [0.4, 0.5) is 0 Å². The third-order valence-electron chi connectivity index (χ3n) is 3.44. The van der Waals surface area contributed by atoms with Gasteiger partial charge < -0.3 is 9.32 Å². The minimum atomic E-state index is 0.0599. The monoisotopic (exact) mass is 327 g/mol. The fraction of sp³-hybridized carbons (Fsp3) is 0.235. The van der Waals surface area contributed by atoms with Crippen molar-refractivity contribution in [1.82, 2.24) is 15.1 Å². The van der Waals surface area contributed by atoms with Crippen LogP contribution in [-0.2, 0) is 17.8 Å². The van der Waals surface area contributed by atoms with Crippen LogP contribution in [0.15, 0.2) is 52.3 Å². The van der Waals surface area contributed by atoms with Crippen molar-refractivity contribution < 1.29 is 9.21 Å². The first-order chi connectivity index (χ1) is 11.2. The van der Waals surface area contributed by atoms with E-state index < -0.39 is 0 Å². The van der Waals surface area contributed by atoms with E-state index in [0.717, 1.165) is 10.4 Å². The number of thiophene rings is 1. The maximum atomic E-state index is 12.2. The number of carbonyl (C=O) groups is 1. The molecule has 0 aliphatic carbocycles. The normalized spacial score (nSPS) is 10.7. The maximum Gasteiger partial charge on any atom is 0.257 e. The van der Waals surface area contributed by atoms with Crippen LogP contribution >= 0.6 is 11.3 Å². The Morgan fingerprint density at radius 2 is 2.00 bits per heavy atom. The molecule has 2 aromatic heterocycles. The number of benzene rings is 1. The molecule has 0 spiro atoms. The van der Waals surface area contributed by atoms with Gasteiger partial charge in [-0.3, -0.25) is 4.79 Å². The minimum Gasteiger partial charge on any atom is -0.420 e. The van der Waals surface area contributed by atoms with E-state index in [1.54, 1.807) is 23.3 Å². The van der Waals surface area contributed by atoms with Crippen LogP contribution in [0.2, 0.25) is 0 Å². The first-order valence-corrected chi connectivity index (χ1v) is 8.24. The number of carbonyl (C=O) groups excluding carboxylic acids is 1. The van der Waals surface area contributed by atoms with Crippen LogP contribution in [0.1, 0.15) is 17.9 Å². The highest BCUT2D eigenvalue weighted by atomic mass is 32.1. The van der Waals surface area contributed by atoms with Gasteiger partial charge in [-0.05, 0) is 17.0 Å². The summed E-state index contributed by atoms with van der Waals surface area (Å²) in [6.07, 6.45) is 0.811. The topological polar surface area (TPSA) is 59.2 Å². The highest BCUT2D eigenvalue weighted by molar-refractivity contribution is 7.13. The summed E-state index contributed by atoms with van der Waals surface area (Å²) in [6.45, 7) is 0.601. The zero-order valence-electron chi connectivity index (χ0n) is 12.8. The Hall–Kier alpha value is -2.47. The van der Waals surface area contributed by atoms with E-state index in [1.807, 2.05) is 47.8 Å². The molecule has 1 amide bonds. The lowest BCUT2D eigenvalue weighted by molar-refractivity contribution is -0.130. The molecule has 0 saturated heterocycles. The zero-order valence-corrected chi connectivity index (χ0v) is 13.6. The molecule has 0 bridgehead atoms. The van der Waals surface area contributed by atoms with Gasteiger partial charge >= 0.3 is 0 Å². The summed E-state index contributed by atoms with van der Waals surface area (Å²) >= 11 is 1.55. The predicted octanol–water partition coefficient (Wildman–Crippen LogP) is 3.39. The second-order valence-electron chi connectivity index (χ2n) is 5.21. The lowest BCUT2D eigenvalue weighted by Crippen LogP contribution is -2.26. The van der Waals surface area contributed by atoms with Gasteiger partial charge in [0.1, 0.15) is 0 Å². The zero-order chi connectivity index (χ0) is 16.1. The number of aryl methyl sites for hydroxylation is 1. The summed E-state index contributed by atoms with van der Waals surface area (Å²) in [6, 6.07) is 13.8. The lowest BCUT2D eigenvalue weighted by Gasteiger charge is -2.16. The first-order valence-electron chi connectivity index (χ1n) is 7.36. The molecule has 23 heavy (non-hydrogen) atoms. The lowest BCUT2D eigenvalue weighted by atomic mass is 10.2. The van der Waals surface area contributed by atoms with E-state index >= 15 is 0 Å². The number of aromatic nitrogens is 2. The molecule has 118 valence electrons. The number of amides is 1. The molecular weight excluding hydrogens is 310 g/mol. The van der Waals surface area contributed by atoms with Crippen LogP contribution in [0.25, 0.3) is 10.8 Å². The summed E-state index contributed by atoms with van der Waals surface area (Å²) in [5.74, 6) is 1.07. The fourth-order valence-corrected chi connectivity index (χ4v) is 2.85. The van der Waals surface area contributed by atoms with Crippen molar-refractivity contribution in [3.63, 3.8) is 0 Å². The number of nitrogens with zero attached hydrogens (tertiary/aromatic N) is 3. The van der Waals surface area contributed by atoms with Gasteiger partial charge in [0, 0.05) is 26.4 Å². The van der Waals surface area contributed by atoms with E-state index in [0.29, 0.717) is 31.2 Å². The molecule has 3 rings (SSSR count). The van der Waals surface area contributed by atoms with Gasteiger partial charge in [0.25, 0.3) is 5.89 Å². The van der Waals surface area contributed by atoms with Crippen LogP contribution in [0.5, 0.6) is 0 Å². The second-order valence-corrected chi connectivity index (χ2v) is 6.16. The highest BCUT2D eigenvalue weighted by Crippen LogP contribution is 2.23. The molecule has 0 aliphatic heterocycles. The Morgan fingerprint density at radius 1 is 1.17 bits per heavy atom. The van der Waals surface area contributed by atoms with Crippen molar-refractivity contribution in [3.05, 3.63) is 59.3 Å². The van der Waals surface area contributed by atoms with Gasteiger partial charge in [0.05, 0.1) is 4.88 Å². The largest absolute Gasteiger partial charge is 0.420 e. The Kier molecular flexibility index (Phi) is 4.83. The van der Waals surface area contributed by atoms with Gasteiger partial charge in [0.2, 0.25) is 11.8 Å². The van der Waals surface area contributed by atoms with Crippen molar-refractivity contribution in [2.24, 2.45) is 0 Å². The summed E-state index contributed by atoms with van der Waals surface area (Å²) in [4.78, 5) is 14.8. The third-order valence-corrected chi connectivity index (χ3v) is 4.30. The van der Waals surface area contributed by atoms with Gasteiger partial charge in [-0.1, -0.05) is 36.4 Å². The van der Waals surface area contributed by atoms with E-state index in [1.165, 1.54) is 0 Å². The second kappa shape index (κ2) is 7.19. The molecule has 0 saturated carbocycles. The number of hydrogen-bond donors (Lipinski definition) is 0. The molecule has 0 atom stereocenters. The van der Waals surface area contributed by atoms with Crippen LogP contribution in [0, 0.1) is 0 Å². The Bertz CT molecular complexity index is 753. The minimum absolute atomic E-state index is 0.0599. The van der Waals surface area contributed by atoms with Gasteiger partial charge in [-0.15, -0.1) is 21.5 Å². The summed E-state index contributed by atoms with van der Waals surface area (Å²) < 4.78 is 5.59. The van der Waals surface area contributed by atoms with Crippen molar-refractivity contribution in [2.75, 3.05) is 7.05 Å². The molecule has 3 aromatic rings. The SMILES string of the molecule is CN(Cc1ccccc1)C(=O)CCc1nnc(-c2cccs2)o1. The van der Waals surface area contributed by atoms with Crippen LogP contribution in [0.3, 0.4) is 0 Å². The molecule has 0 fully saturated rings. The third kappa shape index (κ3) is 4.04. The first kappa shape index (κ1) is 15.4. The van der Waals surface area contributed by atoms with Crippen molar-refractivity contribution in [3.8, 4) is 10.8 Å². The van der Waals surface area contributed by atoms with E-state index in [-0.39, 0.29) is 5.91 Å². The smallest absolute Gasteiger partial charge is 0.257 e. The van der Waals surface area contributed by atoms with E-state index in [4.69, 9.17) is 4.42 Å². The van der Waals surface area contributed by atoms with Gasteiger partial charge in [-0.25, -0.2) is 0 Å². The average molecular weight is 327 g/mol. The van der Waals surface area contributed by atoms with Crippen molar-refractivity contribution in [2.45, 2.75) is 19.4 Å². The average Bonchev–Trinajstić information content (AvgIpc) is 3.24. The molecule has 5 nitrogen and oxygen atoms in total. The summed E-state index contributed by atoms with van der Waals surface area (Å²) in [5.41, 5.74) is 1.11. The Morgan fingerprint density at radius 3 is 2.74 bits per heavy atom. The Balaban J connectivity index is 1.52. The van der Waals surface area contributed by atoms with Crippen molar-refractivity contribution >= 4 is 17.2 Å². The maximum absolute atomic E-state index is 12.2. The predicted molar refractivity (Wildman–Crippen MR) is 88.8 cm³/mol. The summed E-state index contributed by atoms with van der Waals surface area (Å²) in [5, 5.41) is 9.98. The molecule has 2 heterocycles. The number of rotatable bonds is 6. The molecule has 6 heteroatoms. The number of hydrogen-bond acceptors (Lipinski definition) is 5. The molecule has 0 N–H and O–H groups in total.